The van der Waals surface area contributed by atoms with Crippen molar-refractivity contribution < 1.29 is 9.84 Å². The molecule has 0 spiro atoms. The van der Waals surface area contributed by atoms with Crippen LogP contribution in [0, 0.1) is 5.92 Å². The van der Waals surface area contributed by atoms with Crippen molar-refractivity contribution in [1.82, 2.24) is 4.98 Å². The van der Waals surface area contributed by atoms with E-state index >= 15 is 0 Å². The molecule has 0 saturated carbocycles. The molecule has 22 heavy (non-hydrogen) atoms. The predicted octanol–water partition coefficient (Wildman–Crippen LogP) is 4.13. The van der Waals surface area contributed by atoms with Gasteiger partial charge in [0.2, 0.25) is 0 Å². The summed E-state index contributed by atoms with van der Waals surface area (Å²) >= 11 is 0. The Morgan fingerprint density at radius 3 is 2.27 bits per heavy atom. The second-order valence-electron chi connectivity index (χ2n) is 5.99. The minimum atomic E-state index is -0.982. The average molecular weight is 299 g/mol. The smallest absolute Gasteiger partial charge is 0.118 e. The first-order valence-electron chi connectivity index (χ1n) is 7.80. The highest BCUT2D eigenvalue weighted by molar-refractivity contribution is 5.33. The quantitative estimate of drug-likeness (QED) is 0.872. The molecule has 2 rings (SSSR count). The molecule has 1 heterocycles. The second-order valence-corrected chi connectivity index (χ2v) is 5.99. The molecule has 1 N–H and O–H groups in total. The van der Waals surface area contributed by atoms with Gasteiger partial charge in [-0.25, -0.2) is 0 Å². The number of aliphatic hydroxyl groups is 1. The molecule has 0 aliphatic rings. The Morgan fingerprint density at radius 2 is 1.82 bits per heavy atom. The Morgan fingerprint density at radius 1 is 1.14 bits per heavy atom. The molecule has 0 radical (unpaired) electrons. The normalized spacial score (nSPS) is 15.4. The number of hydrogen-bond donors (Lipinski definition) is 1. The van der Waals surface area contributed by atoms with Gasteiger partial charge in [-0.3, -0.25) is 4.98 Å². The number of methoxy groups -OCH3 is 1. The van der Waals surface area contributed by atoms with E-state index in [1.54, 1.807) is 13.3 Å². The third-order valence-corrected chi connectivity index (χ3v) is 4.30. The zero-order chi connectivity index (χ0) is 16.2. The van der Waals surface area contributed by atoms with Crippen LogP contribution in [-0.4, -0.2) is 17.2 Å². The molecule has 2 aromatic rings. The maximum absolute atomic E-state index is 11.4. The van der Waals surface area contributed by atoms with E-state index in [2.05, 4.69) is 18.8 Å². The monoisotopic (exact) mass is 299 g/mol. The molecule has 3 heteroatoms. The predicted molar refractivity (Wildman–Crippen MR) is 89.0 cm³/mol. The van der Waals surface area contributed by atoms with Gasteiger partial charge in [0.25, 0.3) is 0 Å². The molecular formula is C19H25NO2. The van der Waals surface area contributed by atoms with E-state index < -0.39 is 5.60 Å². The van der Waals surface area contributed by atoms with Crippen molar-refractivity contribution in [2.75, 3.05) is 7.11 Å². The highest BCUT2D eigenvalue weighted by Crippen LogP contribution is 2.43. The molecule has 0 unspecified atom stereocenters. The summed E-state index contributed by atoms with van der Waals surface area (Å²) in [6, 6.07) is 13.7. The Labute approximate surface area is 133 Å². The van der Waals surface area contributed by atoms with E-state index in [-0.39, 0.29) is 11.8 Å². The van der Waals surface area contributed by atoms with Gasteiger partial charge in [0.1, 0.15) is 11.4 Å². The molecular weight excluding hydrogens is 274 g/mol. The van der Waals surface area contributed by atoms with Crippen molar-refractivity contribution in [2.45, 2.75) is 38.7 Å². The zero-order valence-electron chi connectivity index (χ0n) is 13.8. The number of hydrogen-bond acceptors (Lipinski definition) is 3. The van der Waals surface area contributed by atoms with Gasteiger partial charge >= 0.3 is 0 Å². The van der Waals surface area contributed by atoms with Crippen LogP contribution < -0.4 is 4.74 Å². The molecule has 3 nitrogen and oxygen atoms in total. The number of rotatable bonds is 6. The second kappa shape index (κ2) is 6.93. The fourth-order valence-electron chi connectivity index (χ4n) is 3.20. The Bertz CT molecular complexity index is 580. The lowest BCUT2D eigenvalue weighted by molar-refractivity contribution is -0.0160. The van der Waals surface area contributed by atoms with Gasteiger partial charge in [-0.2, -0.15) is 0 Å². The van der Waals surface area contributed by atoms with Crippen LogP contribution >= 0.6 is 0 Å². The van der Waals surface area contributed by atoms with Gasteiger partial charge in [0, 0.05) is 12.1 Å². The highest BCUT2D eigenvalue weighted by Gasteiger charge is 2.40. The van der Waals surface area contributed by atoms with Crippen LogP contribution in [-0.2, 0) is 5.60 Å². The van der Waals surface area contributed by atoms with Crippen LogP contribution in [0.2, 0.25) is 0 Å². The largest absolute Gasteiger partial charge is 0.497 e. The van der Waals surface area contributed by atoms with Crippen molar-refractivity contribution in [3.05, 3.63) is 59.9 Å². The van der Waals surface area contributed by atoms with Crippen LogP contribution in [0.3, 0.4) is 0 Å². The molecule has 0 fully saturated rings. The van der Waals surface area contributed by atoms with Gasteiger partial charge in [0.15, 0.2) is 0 Å². The summed E-state index contributed by atoms with van der Waals surface area (Å²) < 4.78 is 5.23. The summed E-state index contributed by atoms with van der Waals surface area (Å²) in [6.45, 7) is 6.28. The lowest BCUT2D eigenvalue weighted by Gasteiger charge is -2.38. The molecule has 0 amide bonds. The Balaban J connectivity index is 2.48. The van der Waals surface area contributed by atoms with Crippen LogP contribution in [0.5, 0.6) is 5.75 Å². The first-order valence-corrected chi connectivity index (χ1v) is 7.80. The SMILES string of the molecule is CC[C@@](O)(c1ccccn1)[C@@H](c1ccc(OC)cc1)C(C)C. The molecule has 1 aromatic heterocycles. The van der Waals surface area contributed by atoms with E-state index in [9.17, 15) is 5.11 Å². The summed E-state index contributed by atoms with van der Waals surface area (Å²) in [4.78, 5) is 4.41. The fraction of sp³-hybridized carbons (Fsp3) is 0.421. The van der Waals surface area contributed by atoms with E-state index in [0.717, 1.165) is 17.0 Å². The van der Waals surface area contributed by atoms with E-state index in [0.29, 0.717) is 6.42 Å². The topological polar surface area (TPSA) is 42.4 Å². The molecule has 0 aliphatic heterocycles. The third kappa shape index (κ3) is 3.14. The van der Waals surface area contributed by atoms with Gasteiger partial charge in [-0.15, -0.1) is 0 Å². The number of ether oxygens (including phenoxy) is 1. The van der Waals surface area contributed by atoms with Gasteiger partial charge in [-0.1, -0.05) is 39.0 Å². The zero-order valence-corrected chi connectivity index (χ0v) is 13.8. The maximum atomic E-state index is 11.4. The number of benzene rings is 1. The highest BCUT2D eigenvalue weighted by atomic mass is 16.5. The van der Waals surface area contributed by atoms with Crippen molar-refractivity contribution >= 4 is 0 Å². The Hall–Kier alpha value is -1.87. The van der Waals surface area contributed by atoms with E-state index in [1.165, 1.54) is 0 Å². The first-order chi connectivity index (χ1) is 10.5. The lowest BCUT2D eigenvalue weighted by atomic mass is 9.72. The minimum Gasteiger partial charge on any atom is -0.497 e. The summed E-state index contributed by atoms with van der Waals surface area (Å²) in [6.07, 6.45) is 2.35. The third-order valence-electron chi connectivity index (χ3n) is 4.30. The van der Waals surface area contributed by atoms with Crippen molar-refractivity contribution in [3.63, 3.8) is 0 Å². The van der Waals surface area contributed by atoms with Crippen LogP contribution in [0.1, 0.15) is 44.4 Å². The maximum Gasteiger partial charge on any atom is 0.118 e. The summed E-state index contributed by atoms with van der Waals surface area (Å²) in [7, 11) is 1.66. The van der Waals surface area contributed by atoms with E-state index in [4.69, 9.17) is 4.74 Å². The molecule has 0 bridgehead atoms. The van der Waals surface area contributed by atoms with Crippen molar-refractivity contribution in [3.8, 4) is 5.75 Å². The molecule has 118 valence electrons. The number of nitrogens with zero attached hydrogens (tertiary/aromatic N) is 1. The van der Waals surface area contributed by atoms with E-state index in [1.807, 2.05) is 49.4 Å². The summed E-state index contributed by atoms with van der Waals surface area (Å²) in [5.74, 6) is 1.07. The van der Waals surface area contributed by atoms with Crippen LogP contribution in [0.25, 0.3) is 0 Å². The fourth-order valence-corrected chi connectivity index (χ4v) is 3.20. The molecule has 2 atom stereocenters. The Kier molecular flexibility index (Phi) is 5.19. The van der Waals surface area contributed by atoms with Gasteiger partial charge in [-0.05, 0) is 42.2 Å². The summed E-state index contributed by atoms with van der Waals surface area (Å²) in [5.41, 5.74) is 0.849. The molecule has 1 aromatic carbocycles. The molecule has 0 aliphatic carbocycles. The van der Waals surface area contributed by atoms with Gasteiger partial charge in [0.05, 0.1) is 12.8 Å². The standard InChI is InChI=1S/C19H25NO2/c1-5-19(21,17-8-6-7-13-20-17)18(14(2)3)15-9-11-16(22-4)12-10-15/h6-14,18,21H,5H2,1-4H3/t18-,19-/m1/s1. The number of aromatic nitrogens is 1. The molecule has 0 saturated heterocycles. The first kappa shape index (κ1) is 16.5. The lowest BCUT2D eigenvalue weighted by Crippen LogP contribution is -2.36. The van der Waals surface area contributed by atoms with Gasteiger partial charge < -0.3 is 9.84 Å². The summed E-state index contributed by atoms with van der Waals surface area (Å²) in [5, 5.41) is 11.4. The average Bonchev–Trinajstić information content (AvgIpc) is 2.56. The van der Waals surface area contributed by atoms with Crippen molar-refractivity contribution in [2.24, 2.45) is 5.92 Å². The minimum absolute atomic E-state index is 0.0293. The van der Waals surface area contributed by atoms with Crippen molar-refractivity contribution in [1.29, 1.82) is 0 Å². The van der Waals surface area contributed by atoms with Crippen LogP contribution in [0.4, 0.5) is 0 Å². The van der Waals surface area contributed by atoms with Crippen LogP contribution in [0.15, 0.2) is 48.7 Å². The number of pyridine rings is 1.